The van der Waals surface area contributed by atoms with Crippen LogP contribution >= 0.6 is 0 Å². The first kappa shape index (κ1) is 29.7. The van der Waals surface area contributed by atoms with Gasteiger partial charge in [0.25, 0.3) is 5.91 Å². The Kier molecular flexibility index (Phi) is 9.41. The van der Waals surface area contributed by atoms with E-state index in [1.807, 2.05) is 61.5 Å². The van der Waals surface area contributed by atoms with E-state index in [9.17, 15) is 14.4 Å². The standard InChI is InChI=1S/C36H32N4O4/c1-24-20-31(27-9-4-3-5-10-27)30-12-7-13-32(35(30)39-24)44-23-26-8-6-11-29(21-26)40-34(42)22-38-33(41)19-16-25-14-17-28(18-15-25)36(43)37-2/h3-21H,22-23H2,1-2H3,(H,37,43)(H,38,41)(H,40,42)/b19-16+. The molecule has 0 fully saturated rings. The molecule has 5 aromatic rings. The minimum absolute atomic E-state index is 0.183. The van der Waals surface area contributed by atoms with Crippen LogP contribution in [0.3, 0.4) is 0 Å². The second-order valence-electron chi connectivity index (χ2n) is 10.1. The molecule has 0 bridgehead atoms. The number of rotatable bonds is 10. The average Bonchev–Trinajstić information content (AvgIpc) is 3.05. The Bertz CT molecular complexity index is 1830. The molecule has 0 atom stereocenters. The molecular formula is C36H32N4O4. The molecule has 0 unspecified atom stereocenters. The molecule has 5 rings (SSSR count). The summed E-state index contributed by atoms with van der Waals surface area (Å²) in [4.78, 5) is 41.2. The van der Waals surface area contributed by atoms with Gasteiger partial charge in [-0.25, -0.2) is 4.98 Å². The molecule has 0 spiro atoms. The van der Waals surface area contributed by atoms with E-state index in [1.54, 1.807) is 43.5 Å². The van der Waals surface area contributed by atoms with Crippen molar-refractivity contribution in [3.63, 3.8) is 0 Å². The minimum Gasteiger partial charge on any atom is -0.487 e. The van der Waals surface area contributed by atoms with Crippen LogP contribution in [0.25, 0.3) is 28.1 Å². The number of amides is 3. The van der Waals surface area contributed by atoms with Crippen molar-refractivity contribution in [2.24, 2.45) is 0 Å². The molecular weight excluding hydrogens is 552 g/mol. The summed E-state index contributed by atoms with van der Waals surface area (Å²) in [5.41, 5.74) is 6.65. The quantitative estimate of drug-likeness (QED) is 0.177. The molecule has 3 amide bonds. The van der Waals surface area contributed by atoms with E-state index in [2.05, 4.69) is 34.1 Å². The van der Waals surface area contributed by atoms with Gasteiger partial charge < -0.3 is 20.7 Å². The van der Waals surface area contributed by atoms with Crippen LogP contribution in [-0.2, 0) is 16.2 Å². The molecule has 0 aliphatic rings. The van der Waals surface area contributed by atoms with E-state index in [4.69, 9.17) is 9.72 Å². The normalized spacial score (nSPS) is 10.9. The lowest BCUT2D eigenvalue weighted by Gasteiger charge is -2.13. The molecule has 8 nitrogen and oxygen atoms in total. The molecule has 44 heavy (non-hydrogen) atoms. The van der Waals surface area contributed by atoms with Crippen LogP contribution in [0.1, 0.15) is 27.2 Å². The Morgan fingerprint density at radius 3 is 2.41 bits per heavy atom. The van der Waals surface area contributed by atoms with E-state index in [1.165, 1.54) is 6.08 Å². The molecule has 8 heteroatoms. The lowest BCUT2D eigenvalue weighted by molar-refractivity contribution is -0.121. The van der Waals surface area contributed by atoms with Crippen molar-refractivity contribution in [2.75, 3.05) is 18.9 Å². The van der Waals surface area contributed by atoms with Gasteiger partial charge in [0.15, 0.2) is 0 Å². The second-order valence-corrected chi connectivity index (χ2v) is 10.1. The first-order valence-electron chi connectivity index (χ1n) is 14.1. The van der Waals surface area contributed by atoms with Crippen molar-refractivity contribution >= 4 is 40.4 Å². The summed E-state index contributed by atoms with van der Waals surface area (Å²) < 4.78 is 6.22. The summed E-state index contributed by atoms with van der Waals surface area (Å²) in [6.45, 7) is 2.07. The van der Waals surface area contributed by atoms with Gasteiger partial charge >= 0.3 is 0 Å². The monoisotopic (exact) mass is 584 g/mol. The first-order valence-corrected chi connectivity index (χ1v) is 14.1. The largest absolute Gasteiger partial charge is 0.487 e. The maximum atomic E-state index is 12.5. The fourth-order valence-corrected chi connectivity index (χ4v) is 4.72. The Morgan fingerprint density at radius 2 is 1.64 bits per heavy atom. The molecule has 0 saturated heterocycles. The van der Waals surface area contributed by atoms with Crippen molar-refractivity contribution in [1.82, 2.24) is 15.6 Å². The number of ether oxygens (including phenoxy) is 1. The Balaban J connectivity index is 1.17. The first-order chi connectivity index (χ1) is 21.4. The van der Waals surface area contributed by atoms with Crippen molar-refractivity contribution < 1.29 is 19.1 Å². The smallest absolute Gasteiger partial charge is 0.251 e. The van der Waals surface area contributed by atoms with Crippen LogP contribution in [0.2, 0.25) is 0 Å². The van der Waals surface area contributed by atoms with Gasteiger partial charge in [-0.1, -0.05) is 66.7 Å². The number of carbonyl (C=O) groups excluding carboxylic acids is 3. The SMILES string of the molecule is CNC(=O)c1ccc(/C=C/C(=O)NCC(=O)Nc2cccc(COc3cccc4c(-c5ccccc5)cc(C)nc34)c2)cc1. The van der Waals surface area contributed by atoms with Crippen LogP contribution in [0.15, 0.2) is 109 Å². The van der Waals surface area contributed by atoms with E-state index in [0.717, 1.165) is 38.9 Å². The summed E-state index contributed by atoms with van der Waals surface area (Å²) in [5, 5.41) is 8.96. The van der Waals surface area contributed by atoms with Crippen LogP contribution in [0.5, 0.6) is 5.75 Å². The molecule has 220 valence electrons. The number of hydrogen-bond acceptors (Lipinski definition) is 5. The maximum Gasteiger partial charge on any atom is 0.251 e. The summed E-state index contributed by atoms with van der Waals surface area (Å²) in [5.74, 6) is -0.276. The third-order valence-corrected chi connectivity index (χ3v) is 6.87. The zero-order valence-electron chi connectivity index (χ0n) is 24.5. The molecule has 1 aromatic heterocycles. The van der Waals surface area contributed by atoms with Crippen molar-refractivity contribution in [2.45, 2.75) is 13.5 Å². The number of anilines is 1. The van der Waals surface area contributed by atoms with E-state index in [0.29, 0.717) is 17.0 Å². The number of nitrogens with zero attached hydrogens (tertiary/aromatic N) is 1. The number of benzene rings is 4. The lowest BCUT2D eigenvalue weighted by Crippen LogP contribution is -2.31. The highest BCUT2D eigenvalue weighted by atomic mass is 16.5. The molecule has 3 N–H and O–H groups in total. The molecule has 0 aliphatic heterocycles. The highest BCUT2D eigenvalue weighted by Gasteiger charge is 2.11. The van der Waals surface area contributed by atoms with Gasteiger partial charge in [0.1, 0.15) is 17.9 Å². The maximum absolute atomic E-state index is 12.5. The second kappa shape index (κ2) is 13.9. The number of aryl methyl sites for hydroxylation is 1. The number of para-hydroxylation sites is 1. The number of nitrogens with one attached hydrogen (secondary N) is 3. The average molecular weight is 585 g/mol. The van der Waals surface area contributed by atoms with E-state index in [-0.39, 0.29) is 25.0 Å². The van der Waals surface area contributed by atoms with Crippen molar-refractivity contribution in [3.05, 3.63) is 132 Å². The third kappa shape index (κ3) is 7.54. The van der Waals surface area contributed by atoms with Gasteiger partial charge in [-0.05, 0) is 71.7 Å². The molecule has 0 aliphatic carbocycles. The summed E-state index contributed by atoms with van der Waals surface area (Å²) in [7, 11) is 1.56. The molecule has 1 heterocycles. The summed E-state index contributed by atoms with van der Waals surface area (Å²) >= 11 is 0. The van der Waals surface area contributed by atoms with Gasteiger partial charge in [0, 0.05) is 35.5 Å². The Morgan fingerprint density at radius 1 is 0.864 bits per heavy atom. The number of aromatic nitrogens is 1. The van der Waals surface area contributed by atoms with Gasteiger partial charge in [-0.15, -0.1) is 0 Å². The van der Waals surface area contributed by atoms with Crippen LogP contribution in [0, 0.1) is 6.92 Å². The van der Waals surface area contributed by atoms with Gasteiger partial charge in [-0.3, -0.25) is 14.4 Å². The Hall–Kier alpha value is -5.76. The number of pyridine rings is 1. The van der Waals surface area contributed by atoms with E-state index < -0.39 is 5.91 Å². The van der Waals surface area contributed by atoms with E-state index >= 15 is 0 Å². The Labute approximate surface area is 255 Å². The molecule has 0 saturated carbocycles. The van der Waals surface area contributed by atoms with Crippen molar-refractivity contribution in [1.29, 1.82) is 0 Å². The van der Waals surface area contributed by atoms with Gasteiger partial charge in [-0.2, -0.15) is 0 Å². The van der Waals surface area contributed by atoms with Gasteiger partial charge in [0.2, 0.25) is 11.8 Å². The van der Waals surface area contributed by atoms with Crippen LogP contribution in [0.4, 0.5) is 5.69 Å². The predicted molar refractivity (Wildman–Crippen MR) is 173 cm³/mol. The van der Waals surface area contributed by atoms with Crippen LogP contribution < -0.4 is 20.7 Å². The molecule has 4 aromatic carbocycles. The number of hydrogen-bond donors (Lipinski definition) is 3. The highest BCUT2D eigenvalue weighted by Crippen LogP contribution is 2.33. The third-order valence-electron chi connectivity index (χ3n) is 6.87. The van der Waals surface area contributed by atoms with Crippen LogP contribution in [-0.4, -0.2) is 36.3 Å². The summed E-state index contributed by atoms with van der Waals surface area (Å²) in [6, 6.07) is 32.4. The zero-order valence-corrected chi connectivity index (χ0v) is 24.5. The fraction of sp³-hybridized carbons (Fsp3) is 0.111. The lowest BCUT2D eigenvalue weighted by atomic mass is 10.00. The minimum atomic E-state index is -0.410. The zero-order chi connectivity index (χ0) is 30.9. The van der Waals surface area contributed by atoms with Crippen molar-refractivity contribution in [3.8, 4) is 16.9 Å². The highest BCUT2D eigenvalue weighted by molar-refractivity contribution is 5.99. The number of carbonyl (C=O) groups is 3. The topological polar surface area (TPSA) is 109 Å². The summed E-state index contributed by atoms with van der Waals surface area (Å²) in [6.07, 6.45) is 2.95. The van der Waals surface area contributed by atoms with Gasteiger partial charge in [0.05, 0.1) is 6.54 Å². The fourth-order valence-electron chi connectivity index (χ4n) is 4.72. The number of fused-ring (bicyclic) bond motifs is 1. The predicted octanol–water partition coefficient (Wildman–Crippen LogP) is 5.92. The molecule has 0 radical (unpaired) electrons.